The summed E-state index contributed by atoms with van der Waals surface area (Å²) in [6.45, 7) is 7.41. The largest absolute Gasteiger partial charge is 0.462 e. The zero-order valence-corrected chi connectivity index (χ0v) is 17.5. The zero-order valence-electron chi connectivity index (χ0n) is 17.5. The van der Waals surface area contributed by atoms with Crippen molar-refractivity contribution in [2.75, 3.05) is 0 Å². The Morgan fingerprint density at radius 2 is 1.63 bits per heavy atom. The molecule has 9 rings (SSSR count). The van der Waals surface area contributed by atoms with E-state index in [9.17, 15) is 9.90 Å². The van der Waals surface area contributed by atoms with Gasteiger partial charge in [0.15, 0.2) is 0 Å². The van der Waals surface area contributed by atoms with Gasteiger partial charge < -0.3 is 9.84 Å². The molecule has 0 spiro atoms. The van der Waals surface area contributed by atoms with E-state index in [0.29, 0.717) is 52.8 Å². The van der Waals surface area contributed by atoms with Gasteiger partial charge in [-0.15, -0.1) is 0 Å². The first-order valence-corrected chi connectivity index (χ1v) is 11.7. The molecule has 3 nitrogen and oxygen atoms in total. The van der Waals surface area contributed by atoms with Gasteiger partial charge in [0.2, 0.25) is 0 Å². The molecule has 10 unspecified atom stereocenters. The van der Waals surface area contributed by atoms with Crippen molar-refractivity contribution in [3.05, 3.63) is 0 Å². The van der Waals surface area contributed by atoms with E-state index in [1.807, 2.05) is 0 Å². The molecule has 10 atom stereocenters. The second-order valence-corrected chi connectivity index (χ2v) is 11.4. The molecular formula is C24H38O3. The number of ether oxygens (including phenoxy) is 1. The minimum atomic E-state index is -0.149. The number of carbonyl (C=O) groups excluding carboxylic acids is 1. The first-order valence-electron chi connectivity index (χ1n) is 11.7. The van der Waals surface area contributed by atoms with Gasteiger partial charge in [0.1, 0.15) is 6.10 Å². The van der Waals surface area contributed by atoms with E-state index in [1.54, 1.807) is 0 Å². The molecule has 0 amide bonds. The molecule has 5 heterocycles. The van der Waals surface area contributed by atoms with Gasteiger partial charge in [-0.25, -0.2) is 0 Å². The summed E-state index contributed by atoms with van der Waals surface area (Å²) < 4.78 is 5.92. The second-order valence-electron chi connectivity index (χ2n) is 11.4. The predicted molar refractivity (Wildman–Crippen MR) is 105 cm³/mol. The fraction of sp³-hybridized carbons (Fsp3) is 0.958. The number of aliphatic hydroxyl groups excluding tert-OH is 1. The highest BCUT2D eigenvalue weighted by Gasteiger charge is 2.63. The van der Waals surface area contributed by atoms with E-state index < -0.39 is 0 Å². The smallest absolute Gasteiger partial charge is 0.306 e. The van der Waals surface area contributed by atoms with Crippen LogP contribution in [0.3, 0.4) is 0 Å². The van der Waals surface area contributed by atoms with Gasteiger partial charge in [-0.2, -0.15) is 0 Å². The number of fused-ring (bicyclic) bond motifs is 1. The molecule has 0 aromatic heterocycles. The molecule has 1 N–H and O–H groups in total. The van der Waals surface area contributed by atoms with Gasteiger partial charge in [-0.05, 0) is 104 Å². The Morgan fingerprint density at radius 1 is 0.926 bits per heavy atom. The molecule has 9 aliphatic rings. The molecule has 9 fully saturated rings. The van der Waals surface area contributed by atoms with Crippen molar-refractivity contribution >= 4 is 5.97 Å². The highest BCUT2D eigenvalue weighted by Crippen LogP contribution is 2.68. The zero-order chi connectivity index (χ0) is 19.0. The summed E-state index contributed by atoms with van der Waals surface area (Å²) in [6.07, 6.45) is 10.8. The normalized spacial score (nSPS) is 57.6. The first kappa shape index (κ1) is 18.5. The fourth-order valence-electron chi connectivity index (χ4n) is 9.06. The first-order chi connectivity index (χ1) is 12.8. The minimum Gasteiger partial charge on any atom is -0.462 e. The summed E-state index contributed by atoms with van der Waals surface area (Å²) in [4.78, 5) is 12.5. The number of aliphatic hydroxyl groups is 1. The summed E-state index contributed by atoms with van der Waals surface area (Å²) >= 11 is 0. The van der Waals surface area contributed by atoms with Gasteiger partial charge >= 0.3 is 5.97 Å². The molecule has 5 aliphatic heterocycles. The van der Waals surface area contributed by atoms with Crippen molar-refractivity contribution in [1.29, 1.82) is 0 Å². The SMILES string of the molecule is CC1CCC(=O)OC2CCC3(C)C(C2)CC(O)C2C3CCC3(C)C1CCC23. The fourth-order valence-corrected chi connectivity index (χ4v) is 9.06. The highest BCUT2D eigenvalue weighted by atomic mass is 16.5. The van der Waals surface area contributed by atoms with Crippen LogP contribution in [0, 0.1) is 46.3 Å². The molecular weight excluding hydrogens is 336 g/mol. The van der Waals surface area contributed by atoms with Gasteiger partial charge in [-0.1, -0.05) is 20.8 Å². The van der Waals surface area contributed by atoms with Gasteiger partial charge in [0, 0.05) is 6.42 Å². The molecule has 3 heteroatoms. The van der Waals surface area contributed by atoms with E-state index in [1.165, 1.54) is 32.1 Å². The van der Waals surface area contributed by atoms with Crippen LogP contribution >= 0.6 is 0 Å². The molecule has 152 valence electrons. The van der Waals surface area contributed by atoms with E-state index in [-0.39, 0.29) is 18.2 Å². The van der Waals surface area contributed by atoms with Crippen LogP contribution < -0.4 is 0 Å². The van der Waals surface area contributed by atoms with Crippen LogP contribution in [-0.4, -0.2) is 23.3 Å². The number of carbonyl (C=O) groups is 1. The topological polar surface area (TPSA) is 46.5 Å². The van der Waals surface area contributed by atoms with Gasteiger partial charge in [-0.3, -0.25) is 4.79 Å². The Balaban J connectivity index is 1.56. The summed E-state index contributed by atoms with van der Waals surface area (Å²) in [5, 5.41) is 11.3. The minimum absolute atomic E-state index is 0.0200. The van der Waals surface area contributed by atoms with Crippen LogP contribution in [0.5, 0.6) is 0 Å². The Hall–Kier alpha value is -0.570. The standard InChI is InChI=1S/C24H38O3/c1-14-4-7-21(26)27-16-8-10-23(2)15(12-16)13-20(25)22-18-6-5-17(14)24(18,3)11-9-19(22)23/h14-20,22,25H,4-13H2,1-3H3. The lowest BCUT2D eigenvalue weighted by atomic mass is 9.43. The average Bonchev–Trinajstić information content (AvgIpc) is 2.97. The van der Waals surface area contributed by atoms with Gasteiger partial charge in [0.25, 0.3) is 0 Å². The molecule has 0 aromatic rings. The van der Waals surface area contributed by atoms with Crippen molar-refractivity contribution in [2.45, 2.75) is 97.2 Å². The molecule has 27 heavy (non-hydrogen) atoms. The Bertz CT molecular complexity index is 617. The van der Waals surface area contributed by atoms with Crippen molar-refractivity contribution in [3.8, 4) is 0 Å². The average molecular weight is 375 g/mol. The second kappa shape index (κ2) is 6.21. The number of hydrogen-bond donors (Lipinski definition) is 1. The van der Waals surface area contributed by atoms with Crippen LogP contribution in [0.1, 0.15) is 85.0 Å². The van der Waals surface area contributed by atoms with E-state index in [4.69, 9.17) is 4.74 Å². The summed E-state index contributed by atoms with van der Waals surface area (Å²) in [6, 6.07) is 0. The lowest BCUT2D eigenvalue weighted by Gasteiger charge is -2.62. The van der Waals surface area contributed by atoms with Crippen molar-refractivity contribution in [1.82, 2.24) is 0 Å². The Kier molecular flexibility index (Phi) is 4.25. The van der Waals surface area contributed by atoms with Crippen LogP contribution in [0.2, 0.25) is 0 Å². The monoisotopic (exact) mass is 374 g/mol. The molecule has 0 aromatic carbocycles. The third-order valence-corrected chi connectivity index (χ3v) is 10.5. The van der Waals surface area contributed by atoms with Crippen LogP contribution in [0.4, 0.5) is 0 Å². The van der Waals surface area contributed by atoms with E-state index in [0.717, 1.165) is 25.7 Å². The van der Waals surface area contributed by atoms with E-state index >= 15 is 0 Å². The lowest BCUT2D eigenvalue weighted by Crippen LogP contribution is -2.59. The Labute approximate surface area is 164 Å². The van der Waals surface area contributed by atoms with E-state index in [2.05, 4.69) is 20.8 Å². The lowest BCUT2D eigenvalue weighted by molar-refractivity contribution is -0.185. The summed E-state index contributed by atoms with van der Waals surface area (Å²) in [7, 11) is 0. The summed E-state index contributed by atoms with van der Waals surface area (Å²) in [5.41, 5.74) is 0.692. The molecule has 8 bridgehead atoms. The number of hydrogen-bond acceptors (Lipinski definition) is 3. The van der Waals surface area contributed by atoms with Crippen molar-refractivity contribution < 1.29 is 14.6 Å². The maximum atomic E-state index is 12.5. The predicted octanol–water partition coefficient (Wildman–Crippen LogP) is 4.96. The van der Waals surface area contributed by atoms with Crippen LogP contribution in [0.25, 0.3) is 0 Å². The molecule has 0 radical (unpaired) electrons. The highest BCUT2D eigenvalue weighted by molar-refractivity contribution is 5.69. The molecule has 5 saturated heterocycles. The molecule has 4 saturated carbocycles. The number of rotatable bonds is 0. The van der Waals surface area contributed by atoms with Crippen LogP contribution in [0.15, 0.2) is 0 Å². The van der Waals surface area contributed by atoms with Crippen molar-refractivity contribution in [2.24, 2.45) is 46.3 Å². The maximum absolute atomic E-state index is 12.5. The van der Waals surface area contributed by atoms with Gasteiger partial charge in [0.05, 0.1) is 6.10 Å². The maximum Gasteiger partial charge on any atom is 0.306 e. The quantitative estimate of drug-likeness (QED) is 0.610. The number of esters is 1. The Morgan fingerprint density at radius 3 is 2.44 bits per heavy atom. The van der Waals surface area contributed by atoms with Crippen LogP contribution in [-0.2, 0) is 9.53 Å². The third-order valence-electron chi connectivity index (χ3n) is 10.5. The third kappa shape index (κ3) is 2.59. The molecule has 4 aliphatic carbocycles. The summed E-state index contributed by atoms with van der Waals surface area (Å²) in [5.74, 6) is 3.67. The van der Waals surface area contributed by atoms with Crippen molar-refractivity contribution in [3.63, 3.8) is 0 Å².